The quantitative estimate of drug-likeness (QED) is 0.605. The van der Waals surface area contributed by atoms with Crippen LogP contribution in [0.25, 0.3) is 11.3 Å². The summed E-state index contributed by atoms with van der Waals surface area (Å²) in [7, 11) is 0. The molecule has 0 bridgehead atoms. The number of aromatic nitrogens is 4. The number of hydrogen-bond donors (Lipinski definition) is 3. The maximum Gasteiger partial charge on any atom is 0.250 e. The molecule has 144 valence electrons. The number of carbonyl (C=O) groups excluding carboxylic acids is 1. The number of halogens is 2. The summed E-state index contributed by atoms with van der Waals surface area (Å²) in [6.45, 7) is 0.260. The molecule has 0 radical (unpaired) electrons. The van der Waals surface area contributed by atoms with E-state index in [-0.39, 0.29) is 25.1 Å². The zero-order chi connectivity index (χ0) is 19.7. The molecule has 3 heterocycles. The number of nitrogens with zero attached hydrogens (tertiary/aromatic N) is 3. The number of carbonyl (C=O) groups is 1. The van der Waals surface area contributed by atoms with Crippen LogP contribution in [0.3, 0.4) is 0 Å². The van der Waals surface area contributed by atoms with E-state index in [1.54, 1.807) is 24.7 Å². The van der Waals surface area contributed by atoms with Crippen LogP contribution in [-0.4, -0.2) is 38.6 Å². The lowest BCUT2D eigenvalue weighted by atomic mass is 9.65. The van der Waals surface area contributed by atoms with Crippen LogP contribution >= 0.6 is 0 Å². The van der Waals surface area contributed by atoms with Gasteiger partial charge >= 0.3 is 0 Å². The molecule has 1 saturated carbocycles. The van der Waals surface area contributed by atoms with Crippen LogP contribution in [0.5, 0.6) is 0 Å². The zero-order valence-electron chi connectivity index (χ0n) is 14.8. The first-order valence-corrected chi connectivity index (χ1v) is 8.77. The van der Waals surface area contributed by atoms with Crippen LogP contribution in [0.1, 0.15) is 28.9 Å². The number of alkyl halides is 1. The van der Waals surface area contributed by atoms with Gasteiger partial charge in [0, 0.05) is 42.3 Å². The first-order chi connectivity index (χ1) is 13.5. The van der Waals surface area contributed by atoms with E-state index in [2.05, 4.69) is 25.3 Å². The van der Waals surface area contributed by atoms with Gasteiger partial charge in [-0.15, -0.1) is 0 Å². The fraction of sp³-hybridized carbons (Fsp3) is 0.263. The SMILES string of the molecule is NC(=O)c1cc[nH]c1-c1cnc(NCC2(c3ncccc3F)CC(F)C2)nc1. The van der Waals surface area contributed by atoms with Gasteiger partial charge in [-0.3, -0.25) is 9.78 Å². The number of hydrogen-bond acceptors (Lipinski definition) is 5. The maximum absolute atomic E-state index is 14.2. The minimum absolute atomic E-state index is 0.191. The lowest BCUT2D eigenvalue weighted by molar-refractivity contribution is 0.0963. The Morgan fingerprint density at radius 1 is 1.29 bits per heavy atom. The topological polar surface area (TPSA) is 110 Å². The van der Waals surface area contributed by atoms with Gasteiger partial charge in [-0.25, -0.2) is 18.7 Å². The number of amides is 1. The van der Waals surface area contributed by atoms with Gasteiger partial charge in [0.2, 0.25) is 5.95 Å². The van der Waals surface area contributed by atoms with E-state index >= 15 is 0 Å². The summed E-state index contributed by atoms with van der Waals surface area (Å²) in [5, 5.41) is 3.05. The lowest BCUT2D eigenvalue weighted by Crippen LogP contribution is -2.49. The Labute approximate surface area is 159 Å². The number of rotatable bonds is 6. The fourth-order valence-electron chi connectivity index (χ4n) is 3.60. The summed E-state index contributed by atoms with van der Waals surface area (Å²) >= 11 is 0. The van der Waals surface area contributed by atoms with E-state index in [1.165, 1.54) is 18.3 Å². The van der Waals surface area contributed by atoms with Gasteiger partial charge < -0.3 is 16.0 Å². The largest absolute Gasteiger partial charge is 0.366 e. The van der Waals surface area contributed by atoms with Crippen molar-refractivity contribution >= 4 is 11.9 Å². The molecule has 3 aromatic rings. The molecule has 9 heteroatoms. The molecule has 4 rings (SSSR count). The summed E-state index contributed by atoms with van der Waals surface area (Å²) in [5.41, 5.74) is 6.34. The van der Waals surface area contributed by atoms with Crippen LogP contribution in [0.15, 0.2) is 43.0 Å². The van der Waals surface area contributed by atoms with E-state index < -0.39 is 23.3 Å². The van der Waals surface area contributed by atoms with Crippen molar-refractivity contribution in [2.45, 2.75) is 24.4 Å². The van der Waals surface area contributed by atoms with Crippen molar-refractivity contribution in [2.24, 2.45) is 5.73 Å². The van der Waals surface area contributed by atoms with Crippen molar-refractivity contribution in [1.29, 1.82) is 0 Å². The van der Waals surface area contributed by atoms with Crippen molar-refractivity contribution in [3.8, 4) is 11.3 Å². The van der Waals surface area contributed by atoms with Crippen molar-refractivity contribution in [3.63, 3.8) is 0 Å². The number of primary amides is 1. The number of nitrogens with two attached hydrogens (primary N) is 1. The highest BCUT2D eigenvalue weighted by atomic mass is 19.1. The van der Waals surface area contributed by atoms with Gasteiger partial charge in [-0.1, -0.05) is 0 Å². The van der Waals surface area contributed by atoms with Crippen molar-refractivity contribution < 1.29 is 13.6 Å². The van der Waals surface area contributed by atoms with Gasteiger partial charge in [-0.05, 0) is 31.0 Å². The Kier molecular flexibility index (Phi) is 4.50. The summed E-state index contributed by atoms with van der Waals surface area (Å²) in [6, 6.07) is 4.42. The van der Waals surface area contributed by atoms with Crippen LogP contribution < -0.4 is 11.1 Å². The third kappa shape index (κ3) is 3.19. The Morgan fingerprint density at radius 2 is 2.04 bits per heavy atom. The second-order valence-corrected chi connectivity index (χ2v) is 6.90. The molecule has 28 heavy (non-hydrogen) atoms. The highest BCUT2D eigenvalue weighted by Gasteiger charge is 2.48. The standard InChI is InChI=1S/C19H18F2N6O/c20-12-6-19(7-12,16-14(21)2-1-4-24-16)10-27-18-25-8-11(9-26-18)15-13(17(22)28)3-5-23-15/h1-5,8-9,12,23H,6-7,10H2,(H2,22,28)(H,25,26,27). The van der Waals surface area contributed by atoms with Gasteiger partial charge in [0.15, 0.2) is 0 Å². The van der Waals surface area contributed by atoms with Crippen LogP contribution in [0.2, 0.25) is 0 Å². The molecule has 1 aliphatic rings. The second kappa shape index (κ2) is 6.99. The smallest absolute Gasteiger partial charge is 0.250 e. The van der Waals surface area contributed by atoms with Gasteiger partial charge in [-0.2, -0.15) is 0 Å². The van der Waals surface area contributed by atoms with Crippen molar-refractivity contribution in [2.75, 3.05) is 11.9 Å². The number of H-pyrrole nitrogens is 1. The second-order valence-electron chi connectivity index (χ2n) is 6.90. The third-order valence-electron chi connectivity index (χ3n) is 5.02. The van der Waals surface area contributed by atoms with Gasteiger partial charge in [0.1, 0.15) is 12.0 Å². The number of aromatic amines is 1. The predicted octanol–water partition coefficient (Wildman–Crippen LogP) is 2.59. The molecule has 1 fully saturated rings. The van der Waals surface area contributed by atoms with Crippen molar-refractivity contribution in [3.05, 3.63) is 60.1 Å². The van der Waals surface area contributed by atoms with E-state index in [0.717, 1.165) is 0 Å². The first kappa shape index (κ1) is 18.0. The molecule has 1 amide bonds. The van der Waals surface area contributed by atoms with Crippen LogP contribution in [0, 0.1) is 5.82 Å². The van der Waals surface area contributed by atoms with Crippen LogP contribution in [0.4, 0.5) is 14.7 Å². The average Bonchev–Trinajstić information content (AvgIpc) is 3.15. The van der Waals surface area contributed by atoms with Crippen LogP contribution in [-0.2, 0) is 5.41 Å². The molecular weight excluding hydrogens is 366 g/mol. The highest BCUT2D eigenvalue weighted by molar-refractivity contribution is 5.98. The van der Waals surface area contributed by atoms with E-state index in [9.17, 15) is 13.6 Å². The Bertz CT molecular complexity index is 998. The number of pyridine rings is 1. The Balaban J connectivity index is 1.51. The minimum Gasteiger partial charge on any atom is -0.366 e. The van der Waals surface area contributed by atoms with Crippen molar-refractivity contribution in [1.82, 2.24) is 19.9 Å². The molecule has 3 aromatic heterocycles. The first-order valence-electron chi connectivity index (χ1n) is 8.77. The normalized spacial score (nSPS) is 21.1. The molecule has 0 aliphatic heterocycles. The maximum atomic E-state index is 14.2. The molecule has 0 unspecified atom stereocenters. The Morgan fingerprint density at radius 3 is 2.68 bits per heavy atom. The molecule has 4 N–H and O–H groups in total. The highest BCUT2D eigenvalue weighted by Crippen LogP contribution is 2.45. The number of nitrogens with one attached hydrogen (secondary N) is 2. The van der Waals surface area contributed by atoms with Gasteiger partial charge in [0.25, 0.3) is 5.91 Å². The third-order valence-corrected chi connectivity index (χ3v) is 5.02. The molecule has 0 spiro atoms. The molecule has 0 atom stereocenters. The Hall–Kier alpha value is -3.36. The van der Waals surface area contributed by atoms with E-state index in [0.29, 0.717) is 22.8 Å². The summed E-state index contributed by atoms with van der Waals surface area (Å²) in [6.07, 6.45) is 5.60. The fourth-order valence-corrected chi connectivity index (χ4v) is 3.60. The summed E-state index contributed by atoms with van der Waals surface area (Å²) in [5.74, 6) is -0.685. The molecule has 0 aromatic carbocycles. The zero-order valence-corrected chi connectivity index (χ0v) is 14.8. The molecule has 1 aliphatic carbocycles. The van der Waals surface area contributed by atoms with E-state index in [4.69, 9.17) is 5.73 Å². The number of anilines is 1. The monoisotopic (exact) mass is 384 g/mol. The molecule has 0 saturated heterocycles. The summed E-state index contributed by atoms with van der Waals surface area (Å²) in [4.78, 5) is 27.0. The van der Waals surface area contributed by atoms with Gasteiger partial charge in [0.05, 0.1) is 17.0 Å². The molecular formula is C19H18F2N6O. The predicted molar refractivity (Wildman–Crippen MR) is 98.8 cm³/mol. The molecule has 7 nitrogen and oxygen atoms in total. The average molecular weight is 384 g/mol. The minimum atomic E-state index is -0.980. The van der Waals surface area contributed by atoms with E-state index in [1.807, 2.05) is 0 Å². The lowest BCUT2D eigenvalue weighted by Gasteiger charge is -2.43. The summed E-state index contributed by atoms with van der Waals surface area (Å²) < 4.78 is 27.8.